The largest absolute Gasteiger partial charge is 0.349 e. The second kappa shape index (κ2) is 6.79. The Kier molecular flexibility index (Phi) is 4.68. The number of para-hydroxylation sites is 1. The predicted molar refractivity (Wildman–Crippen MR) is 106 cm³/mol. The SMILES string of the molecule is CC(=O)N1c2ccccc2/C(=C\c2ccccc2)C1C(=O)NC(C)(C)C. The minimum atomic E-state index is -0.677. The summed E-state index contributed by atoms with van der Waals surface area (Å²) in [5.41, 5.74) is 3.14. The Morgan fingerprint density at radius 1 is 1.00 bits per heavy atom. The van der Waals surface area contributed by atoms with E-state index in [0.29, 0.717) is 0 Å². The monoisotopic (exact) mass is 348 g/mol. The maximum atomic E-state index is 13.1. The fraction of sp³-hybridized carbons (Fsp3) is 0.273. The summed E-state index contributed by atoms with van der Waals surface area (Å²) >= 11 is 0. The van der Waals surface area contributed by atoms with Crippen LogP contribution in [0.4, 0.5) is 5.69 Å². The van der Waals surface area contributed by atoms with Crippen molar-refractivity contribution < 1.29 is 9.59 Å². The van der Waals surface area contributed by atoms with E-state index in [-0.39, 0.29) is 17.4 Å². The normalized spacial score (nSPS) is 17.9. The molecule has 1 unspecified atom stereocenters. The van der Waals surface area contributed by atoms with Gasteiger partial charge in [0.15, 0.2) is 0 Å². The number of fused-ring (bicyclic) bond motifs is 1. The standard InChI is InChI=1S/C22H24N2O2/c1-15(25)24-19-13-9-8-12-17(19)18(14-16-10-6-5-7-11-16)20(24)21(26)23-22(2,3)4/h5-14,20H,1-4H3,(H,23,26)/b18-14+. The molecule has 2 aromatic carbocycles. The molecular weight excluding hydrogens is 324 g/mol. The summed E-state index contributed by atoms with van der Waals surface area (Å²) < 4.78 is 0. The van der Waals surface area contributed by atoms with E-state index in [4.69, 9.17) is 0 Å². The molecule has 1 atom stereocenters. The lowest BCUT2D eigenvalue weighted by Crippen LogP contribution is -2.52. The van der Waals surface area contributed by atoms with Crippen LogP contribution in [-0.4, -0.2) is 23.4 Å². The molecule has 4 heteroatoms. The van der Waals surface area contributed by atoms with Crippen LogP contribution in [0.2, 0.25) is 0 Å². The smallest absolute Gasteiger partial charge is 0.248 e. The zero-order valence-corrected chi connectivity index (χ0v) is 15.6. The summed E-state index contributed by atoms with van der Waals surface area (Å²) in [4.78, 5) is 27.1. The maximum Gasteiger partial charge on any atom is 0.248 e. The molecule has 1 aliphatic heterocycles. The van der Waals surface area contributed by atoms with Crippen LogP contribution in [0.1, 0.15) is 38.8 Å². The van der Waals surface area contributed by atoms with E-state index in [2.05, 4.69) is 5.32 Å². The molecule has 4 nitrogen and oxygen atoms in total. The third-order valence-electron chi connectivity index (χ3n) is 4.23. The van der Waals surface area contributed by atoms with E-state index in [9.17, 15) is 9.59 Å². The maximum absolute atomic E-state index is 13.1. The van der Waals surface area contributed by atoms with Crippen LogP contribution in [-0.2, 0) is 9.59 Å². The molecule has 0 saturated heterocycles. The summed E-state index contributed by atoms with van der Waals surface area (Å²) in [5, 5.41) is 3.02. The number of hydrogen-bond donors (Lipinski definition) is 1. The quantitative estimate of drug-likeness (QED) is 0.895. The van der Waals surface area contributed by atoms with Crippen molar-refractivity contribution in [2.45, 2.75) is 39.3 Å². The molecule has 0 fully saturated rings. The van der Waals surface area contributed by atoms with Crippen molar-refractivity contribution in [1.29, 1.82) is 0 Å². The molecule has 0 aromatic heterocycles. The molecule has 1 aliphatic rings. The highest BCUT2D eigenvalue weighted by molar-refractivity contribution is 6.16. The van der Waals surface area contributed by atoms with Crippen molar-refractivity contribution in [1.82, 2.24) is 5.32 Å². The van der Waals surface area contributed by atoms with E-state index < -0.39 is 6.04 Å². The first-order valence-corrected chi connectivity index (χ1v) is 8.76. The Balaban J connectivity index is 2.15. The second-order valence-corrected chi connectivity index (χ2v) is 7.56. The fourth-order valence-electron chi connectivity index (χ4n) is 3.29. The lowest BCUT2D eigenvalue weighted by Gasteiger charge is -2.28. The number of nitrogens with zero attached hydrogens (tertiary/aromatic N) is 1. The third-order valence-corrected chi connectivity index (χ3v) is 4.23. The first-order valence-electron chi connectivity index (χ1n) is 8.76. The Hall–Kier alpha value is -2.88. The zero-order chi connectivity index (χ0) is 18.9. The Labute approximate surface area is 154 Å². The van der Waals surface area contributed by atoms with Crippen molar-refractivity contribution in [2.24, 2.45) is 0 Å². The van der Waals surface area contributed by atoms with E-state index in [1.807, 2.05) is 81.4 Å². The molecule has 0 bridgehead atoms. The molecule has 0 radical (unpaired) electrons. The third kappa shape index (κ3) is 3.54. The molecule has 0 saturated carbocycles. The predicted octanol–water partition coefficient (Wildman–Crippen LogP) is 3.88. The van der Waals surface area contributed by atoms with E-state index in [1.54, 1.807) is 4.90 Å². The number of nitrogens with one attached hydrogen (secondary N) is 1. The van der Waals surface area contributed by atoms with Gasteiger partial charge in [0.1, 0.15) is 6.04 Å². The zero-order valence-electron chi connectivity index (χ0n) is 15.6. The molecule has 3 rings (SSSR count). The van der Waals surface area contributed by atoms with Gasteiger partial charge in [-0.1, -0.05) is 48.5 Å². The van der Waals surface area contributed by atoms with Crippen LogP contribution >= 0.6 is 0 Å². The molecule has 26 heavy (non-hydrogen) atoms. The van der Waals surface area contributed by atoms with Gasteiger partial charge >= 0.3 is 0 Å². The van der Waals surface area contributed by atoms with Gasteiger partial charge in [0.05, 0.1) is 5.69 Å². The van der Waals surface area contributed by atoms with Crippen LogP contribution in [0.5, 0.6) is 0 Å². The van der Waals surface area contributed by atoms with Gasteiger partial charge in [0.2, 0.25) is 11.8 Å². The highest BCUT2D eigenvalue weighted by atomic mass is 16.2. The van der Waals surface area contributed by atoms with Crippen molar-refractivity contribution in [3.05, 3.63) is 65.7 Å². The highest BCUT2D eigenvalue weighted by Crippen LogP contribution is 2.41. The van der Waals surface area contributed by atoms with Crippen LogP contribution in [0.15, 0.2) is 54.6 Å². The summed E-state index contributed by atoms with van der Waals surface area (Å²) in [6.07, 6.45) is 1.99. The van der Waals surface area contributed by atoms with E-state index in [0.717, 1.165) is 22.4 Å². The number of benzene rings is 2. The molecule has 1 N–H and O–H groups in total. The Morgan fingerprint density at radius 2 is 1.62 bits per heavy atom. The number of rotatable bonds is 2. The van der Waals surface area contributed by atoms with E-state index in [1.165, 1.54) is 6.92 Å². The Bertz CT molecular complexity index is 863. The van der Waals surface area contributed by atoms with Gasteiger partial charge in [0.25, 0.3) is 0 Å². The number of amides is 2. The molecule has 0 spiro atoms. The van der Waals surface area contributed by atoms with Crippen molar-refractivity contribution in [3.63, 3.8) is 0 Å². The minimum Gasteiger partial charge on any atom is -0.349 e. The molecular formula is C22H24N2O2. The molecule has 2 aromatic rings. The van der Waals surface area contributed by atoms with Gasteiger partial charge in [-0.3, -0.25) is 14.5 Å². The Morgan fingerprint density at radius 3 is 2.23 bits per heavy atom. The van der Waals surface area contributed by atoms with Crippen molar-refractivity contribution in [2.75, 3.05) is 4.90 Å². The van der Waals surface area contributed by atoms with Crippen LogP contribution < -0.4 is 10.2 Å². The first-order chi connectivity index (χ1) is 12.3. The second-order valence-electron chi connectivity index (χ2n) is 7.56. The molecule has 134 valence electrons. The summed E-state index contributed by atoms with van der Waals surface area (Å²) in [7, 11) is 0. The number of anilines is 1. The topological polar surface area (TPSA) is 49.4 Å². The van der Waals surface area contributed by atoms with Crippen molar-refractivity contribution >= 4 is 29.2 Å². The average Bonchev–Trinajstić information content (AvgIpc) is 2.89. The summed E-state index contributed by atoms with van der Waals surface area (Å²) in [5.74, 6) is -0.325. The van der Waals surface area contributed by atoms with Gasteiger partial charge in [0, 0.05) is 18.0 Å². The fourth-order valence-corrected chi connectivity index (χ4v) is 3.29. The van der Waals surface area contributed by atoms with Gasteiger partial charge in [-0.15, -0.1) is 0 Å². The van der Waals surface area contributed by atoms with Gasteiger partial charge in [-0.25, -0.2) is 0 Å². The molecule has 0 aliphatic carbocycles. The van der Waals surface area contributed by atoms with Crippen LogP contribution in [0.3, 0.4) is 0 Å². The lowest BCUT2D eigenvalue weighted by molar-refractivity contribution is -0.125. The molecule has 2 amide bonds. The summed E-state index contributed by atoms with van der Waals surface area (Å²) in [6.45, 7) is 7.31. The summed E-state index contributed by atoms with van der Waals surface area (Å²) in [6, 6.07) is 16.8. The van der Waals surface area contributed by atoms with Crippen molar-refractivity contribution in [3.8, 4) is 0 Å². The molecule has 1 heterocycles. The highest BCUT2D eigenvalue weighted by Gasteiger charge is 2.41. The first kappa shape index (κ1) is 17.9. The van der Waals surface area contributed by atoms with E-state index >= 15 is 0 Å². The number of carbonyl (C=O) groups excluding carboxylic acids is 2. The average molecular weight is 348 g/mol. The lowest BCUT2D eigenvalue weighted by atomic mass is 9.97. The van der Waals surface area contributed by atoms with Gasteiger partial charge < -0.3 is 5.32 Å². The van der Waals surface area contributed by atoms with Crippen LogP contribution in [0.25, 0.3) is 11.6 Å². The minimum absolute atomic E-state index is 0.150. The van der Waals surface area contributed by atoms with Gasteiger partial charge in [-0.05, 0) is 44.1 Å². The van der Waals surface area contributed by atoms with Crippen LogP contribution in [0, 0.1) is 0 Å². The number of carbonyl (C=O) groups is 2. The van der Waals surface area contributed by atoms with Gasteiger partial charge in [-0.2, -0.15) is 0 Å². The number of hydrogen-bond acceptors (Lipinski definition) is 2.